The van der Waals surface area contributed by atoms with Gasteiger partial charge in [-0.1, -0.05) is 122 Å². The first-order valence-corrected chi connectivity index (χ1v) is 15.2. The fourth-order valence-corrected chi connectivity index (χ4v) is 5.80. The van der Waals surface area contributed by atoms with E-state index in [1.54, 1.807) is 0 Å². The van der Waals surface area contributed by atoms with Crippen LogP contribution < -0.4 is 0 Å². The highest BCUT2D eigenvalue weighted by molar-refractivity contribution is 5.74. The summed E-state index contributed by atoms with van der Waals surface area (Å²) in [6.45, 7) is 4.43. The molecule has 0 bridgehead atoms. The molecule has 0 amide bonds. The minimum atomic E-state index is -0.768. The lowest BCUT2D eigenvalue weighted by molar-refractivity contribution is -0.147. The highest BCUT2D eigenvalue weighted by atomic mass is 16.4. The third-order valence-corrected chi connectivity index (χ3v) is 8.04. The van der Waals surface area contributed by atoms with Gasteiger partial charge in [0, 0.05) is 0 Å². The molecule has 0 spiro atoms. The number of carbonyl (C=O) groups is 2. The van der Waals surface area contributed by atoms with Crippen molar-refractivity contribution in [2.45, 2.75) is 155 Å². The molecule has 35 heavy (non-hydrogen) atoms. The van der Waals surface area contributed by atoms with Gasteiger partial charge in [0.05, 0.1) is 11.8 Å². The highest BCUT2D eigenvalue weighted by Crippen LogP contribution is 2.36. The smallest absolute Gasteiger partial charge is 0.310 e. The number of hydrogen-bond donors (Lipinski definition) is 2. The molecule has 0 saturated carbocycles. The van der Waals surface area contributed by atoms with Gasteiger partial charge in [0.25, 0.3) is 0 Å². The number of rotatable bonds is 23. The molecule has 4 heteroatoms. The average molecular weight is 493 g/mol. The molecule has 0 saturated heterocycles. The van der Waals surface area contributed by atoms with E-state index in [-0.39, 0.29) is 5.92 Å². The van der Waals surface area contributed by atoms with Crippen LogP contribution in [0.5, 0.6) is 0 Å². The zero-order chi connectivity index (χ0) is 25.7. The molecule has 0 aliphatic heterocycles. The van der Waals surface area contributed by atoms with E-state index >= 15 is 0 Å². The predicted molar refractivity (Wildman–Crippen MR) is 147 cm³/mol. The zero-order valence-electron chi connectivity index (χ0n) is 23.1. The SMILES string of the molecule is CCCCCCCCCCCCCC(C(=O)O)C(CCCCCC)CC(C(=O)O)C1=CCCCC1. The van der Waals surface area contributed by atoms with Crippen LogP contribution in [0.25, 0.3) is 0 Å². The topological polar surface area (TPSA) is 74.6 Å². The zero-order valence-corrected chi connectivity index (χ0v) is 23.1. The molecular weight excluding hydrogens is 436 g/mol. The third-order valence-electron chi connectivity index (χ3n) is 8.04. The Bertz CT molecular complexity index is 583. The second-order valence-corrected chi connectivity index (χ2v) is 11.0. The van der Waals surface area contributed by atoms with E-state index in [1.165, 1.54) is 57.8 Å². The maximum Gasteiger partial charge on any atom is 0.310 e. The van der Waals surface area contributed by atoms with Crippen molar-refractivity contribution in [2.24, 2.45) is 17.8 Å². The average Bonchev–Trinajstić information content (AvgIpc) is 2.85. The van der Waals surface area contributed by atoms with Crippen molar-refractivity contribution in [3.63, 3.8) is 0 Å². The van der Waals surface area contributed by atoms with E-state index in [1.807, 2.05) is 0 Å². The van der Waals surface area contributed by atoms with Gasteiger partial charge < -0.3 is 10.2 Å². The predicted octanol–water partition coefficient (Wildman–Crippen LogP) is 9.57. The van der Waals surface area contributed by atoms with E-state index in [0.717, 1.165) is 76.2 Å². The minimum Gasteiger partial charge on any atom is -0.481 e. The van der Waals surface area contributed by atoms with Gasteiger partial charge in [0.1, 0.15) is 0 Å². The Hall–Kier alpha value is -1.32. The molecule has 3 atom stereocenters. The van der Waals surface area contributed by atoms with Gasteiger partial charge in [-0.05, 0) is 50.9 Å². The lowest BCUT2D eigenvalue weighted by Gasteiger charge is -2.29. The number of hydrogen-bond acceptors (Lipinski definition) is 2. The van der Waals surface area contributed by atoms with Crippen LogP contribution in [0.2, 0.25) is 0 Å². The molecular formula is C31H56O4. The molecule has 4 nitrogen and oxygen atoms in total. The molecule has 0 heterocycles. The second kappa shape index (κ2) is 20.8. The lowest BCUT2D eigenvalue weighted by atomic mass is 9.75. The lowest BCUT2D eigenvalue weighted by Crippen LogP contribution is -2.29. The van der Waals surface area contributed by atoms with Gasteiger partial charge in [-0.2, -0.15) is 0 Å². The maximum atomic E-state index is 12.3. The minimum absolute atomic E-state index is 0.0450. The van der Waals surface area contributed by atoms with Gasteiger partial charge in [-0.3, -0.25) is 9.59 Å². The summed E-state index contributed by atoms with van der Waals surface area (Å²) >= 11 is 0. The molecule has 2 N–H and O–H groups in total. The van der Waals surface area contributed by atoms with Crippen molar-refractivity contribution in [3.05, 3.63) is 11.6 Å². The Labute approximate surface area is 216 Å². The van der Waals surface area contributed by atoms with Crippen molar-refractivity contribution < 1.29 is 19.8 Å². The Balaban J connectivity index is 2.57. The standard InChI is InChI=1S/C31H56O4/c1-3-5-7-9-10-11-12-13-14-15-20-24-28(30(32)33)27(23-17-8-6-4-2)25-29(31(34)35)26-21-18-16-19-22-26/h21,27-29H,3-20,22-25H2,1-2H3,(H,32,33)(H,34,35). The number of unbranched alkanes of at least 4 members (excludes halogenated alkanes) is 13. The van der Waals surface area contributed by atoms with Crippen LogP contribution in [0.3, 0.4) is 0 Å². The Morgan fingerprint density at radius 3 is 1.71 bits per heavy atom. The summed E-state index contributed by atoms with van der Waals surface area (Å²) in [7, 11) is 0. The Morgan fingerprint density at radius 2 is 1.23 bits per heavy atom. The number of carboxylic acids is 2. The van der Waals surface area contributed by atoms with E-state index in [2.05, 4.69) is 19.9 Å². The van der Waals surface area contributed by atoms with E-state index < -0.39 is 23.8 Å². The quantitative estimate of drug-likeness (QED) is 0.110. The van der Waals surface area contributed by atoms with Gasteiger partial charge in [0.15, 0.2) is 0 Å². The Morgan fingerprint density at radius 1 is 0.714 bits per heavy atom. The number of aliphatic carboxylic acids is 2. The molecule has 1 aliphatic rings. The molecule has 0 fully saturated rings. The van der Waals surface area contributed by atoms with Crippen LogP contribution >= 0.6 is 0 Å². The largest absolute Gasteiger partial charge is 0.481 e. The van der Waals surface area contributed by atoms with Crippen LogP contribution in [0.1, 0.15) is 155 Å². The fraction of sp³-hybridized carbons (Fsp3) is 0.871. The first-order valence-electron chi connectivity index (χ1n) is 15.2. The summed E-state index contributed by atoms with van der Waals surface area (Å²) in [6.07, 6.45) is 26.4. The molecule has 1 aliphatic carbocycles. The number of allylic oxidation sites excluding steroid dienone is 1. The summed E-state index contributed by atoms with van der Waals surface area (Å²) in [5, 5.41) is 20.1. The van der Waals surface area contributed by atoms with Crippen LogP contribution in [-0.4, -0.2) is 22.2 Å². The molecule has 204 valence electrons. The van der Waals surface area contributed by atoms with E-state index in [9.17, 15) is 19.8 Å². The maximum absolute atomic E-state index is 12.3. The van der Waals surface area contributed by atoms with Gasteiger partial charge >= 0.3 is 11.9 Å². The van der Waals surface area contributed by atoms with Gasteiger partial charge in [0.2, 0.25) is 0 Å². The van der Waals surface area contributed by atoms with Crippen molar-refractivity contribution >= 4 is 11.9 Å². The van der Waals surface area contributed by atoms with Crippen molar-refractivity contribution in [2.75, 3.05) is 0 Å². The second-order valence-electron chi connectivity index (χ2n) is 11.0. The molecule has 0 radical (unpaired) electrons. The molecule has 3 unspecified atom stereocenters. The van der Waals surface area contributed by atoms with E-state index in [4.69, 9.17) is 0 Å². The number of carboxylic acid groups (broad SMARTS) is 2. The van der Waals surface area contributed by atoms with Crippen LogP contribution in [0, 0.1) is 17.8 Å². The third kappa shape index (κ3) is 14.7. The van der Waals surface area contributed by atoms with Gasteiger partial charge in [-0.25, -0.2) is 0 Å². The summed E-state index contributed by atoms with van der Waals surface area (Å²) in [5.41, 5.74) is 1.04. The van der Waals surface area contributed by atoms with Crippen molar-refractivity contribution in [1.82, 2.24) is 0 Å². The highest BCUT2D eigenvalue weighted by Gasteiger charge is 2.33. The van der Waals surface area contributed by atoms with Gasteiger partial charge in [-0.15, -0.1) is 0 Å². The van der Waals surface area contributed by atoms with E-state index in [0.29, 0.717) is 12.8 Å². The first kappa shape index (κ1) is 31.7. The normalized spacial score (nSPS) is 16.5. The Kier molecular flexibility index (Phi) is 18.9. The summed E-state index contributed by atoms with van der Waals surface area (Å²) in [6, 6.07) is 0. The fourth-order valence-electron chi connectivity index (χ4n) is 5.80. The summed E-state index contributed by atoms with van der Waals surface area (Å²) < 4.78 is 0. The first-order chi connectivity index (χ1) is 17.0. The van der Waals surface area contributed by atoms with Crippen LogP contribution in [0.15, 0.2) is 11.6 Å². The molecule has 0 aromatic carbocycles. The summed E-state index contributed by atoms with van der Waals surface area (Å²) in [4.78, 5) is 24.5. The van der Waals surface area contributed by atoms with Crippen molar-refractivity contribution in [3.8, 4) is 0 Å². The molecule has 0 aromatic rings. The van der Waals surface area contributed by atoms with Crippen molar-refractivity contribution in [1.29, 1.82) is 0 Å². The van der Waals surface area contributed by atoms with Crippen LogP contribution in [-0.2, 0) is 9.59 Å². The molecule has 0 aromatic heterocycles. The monoisotopic (exact) mass is 492 g/mol. The summed E-state index contributed by atoms with van der Waals surface area (Å²) in [5.74, 6) is -2.46. The van der Waals surface area contributed by atoms with Crippen LogP contribution in [0.4, 0.5) is 0 Å². The molecule has 1 rings (SSSR count).